The highest BCUT2D eigenvalue weighted by Crippen LogP contribution is 2.23. The Morgan fingerprint density at radius 1 is 1.00 bits per heavy atom. The highest BCUT2D eigenvalue weighted by Gasteiger charge is 2.25. The summed E-state index contributed by atoms with van der Waals surface area (Å²) in [5.74, 6) is 0.192. The molecule has 1 aromatic heterocycles. The first kappa shape index (κ1) is 19.2. The van der Waals surface area contributed by atoms with Gasteiger partial charge in [-0.1, -0.05) is 24.3 Å². The summed E-state index contributed by atoms with van der Waals surface area (Å²) < 4.78 is 5.38. The van der Waals surface area contributed by atoms with Crippen LogP contribution in [0.5, 0.6) is 0 Å². The number of hydrogen-bond donors (Lipinski definition) is 0. The maximum Gasteiger partial charge on any atom is 0.282 e. The van der Waals surface area contributed by atoms with Gasteiger partial charge in [0.15, 0.2) is 0 Å². The van der Waals surface area contributed by atoms with Crippen molar-refractivity contribution in [1.82, 2.24) is 4.90 Å². The zero-order chi connectivity index (χ0) is 20.1. The fourth-order valence-electron chi connectivity index (χ4n) is 2.89. The largest absolute Gasteiger partial charge is 0.467 e. The van der Waals surface area contributed by atoms with Crippen LogP contribution in [0.15, 0.2) is 71.3 Å². The predicted molar refractivity (Wildman–Crippen MR) is 106 cm³/mol. The van der Waals surface area contributed by atoms with Gasteiger partial charge in [0.1, 0.15) is 11.3 Å². The summed E-state index contributed by atoms with van der Waals surface area (Å²) in [6.45, 7) is 0.520. The number of hydrogen-bond acceptors (Lipinski definition) is 5. The molecule has 0 unspecified atom stereocenters. The highest BCUT2D eigenvalue weighted by molar-refractivity contribution is 5.98. The van der Waals surface area contributed by atoms with Gasteiger partial charge in [-0.2, -0.15) is 0 Å². The molecule has 0 bridgehead atoms. The van der Waals surface area contributed by atoms with E-state index in [0.29, 0.717) is 12.3 Å². The van der Waals surface area contributed by atoms with E-state index < -0.39 is 10.8 Å². The van der Waals surface area contributed by atoms with Crippen molar-refractivity contribution in [2.45, 2.75) is 13.1 Å². The molecule has 144 valence electrons. The zero-order valence-electron chi connectivity index (χ0n) is 15.7. The molecule has 28 heavy (non-hydrogen) atoms. The van der Waals surface area contributed by atoms with Crippen molar-refractivity contribution in [2.75, 3.05) is 19.0 Å². The molecule has 0 saturated heterocycles. The third-order valence-electron chi connectivity index (χ3n) is 4.37. The molecule has 0 fully saturated rings. The summed E-state index contributed by atoms with van der Waals surface area (Å²) in [6.07, 6.45) is 1.54. The van der Waals surface area contributed by atoms with Gasteiger partial charge in [0.25, 0.3) is 11.6 Å². The predicted octanol–water partition coefficient (Wildman–Crippen LogP) is 4.10. The van der Waals surface area contributed by atoms with Crippen LogP contribution in [0.4, 0.5) is 11.4 Å². The molecule has 2 aromatic carbocycles. The third kappa shape index (κ3) is 4.37. The summed E-state index contributed by atoms with van der Waals surface area (Å²) in [5.41, 5.74) is 1.82. The number of furan rings is 1. The maximum atomic E-state index is 13.1. The molecule has 0 spiro atoms. The Kier molecular flexibility index (Phi) is 5.74. The molecule has 0 saturated carbocycles. The van der Waals surface area contributed by atoms with Gasteiger partial charge in [0, 0.05) is 32.4 Å². The minimum atomic E-state index is -0.538. The molecule has 0 aliphatic carbocycles. The van der Waals surface area contributed by atoms with E-state index in [9.17, 15) is 14.9 Å². The van der Waals surface area contributed by atoms with Crippen molar-refractivity contribution < 1.29 is 14.1 Å². The van der Waals surface area contributed by atoms with E-state index >= 15 is 0 Å². The van der Waals surface area contributed by atoms with Gasteiger partial charge in [-0.25, -0.2) is 0 Å². The summed E-state index contributed by atoms with van der Waals surface area (Å²) in [6, 6.07) is 17.3. The minimum absolute atomic E-state index is 0.0592. The van der Waals surface area contributed by atoms with Crippen molar-refractivity contribution >= 4 is 17.3 Å². The van der Waals surface area contributed by atoms with E-state index in [2.05, 4.69) is 0 Å². The monoisotopic (exact) mass is 379 g/mol. The van der Waals surface area contributed by atoms with E-state index in [1.807, 2.05) is 43.3 Å². The molecule has 0 atom stereocenters. The number of carbonyl (C=O) groups is 1. The molecule has 0 aliphatic rings. The molecule has 1 amide bonds. The number of amides is 1. The van der Waals surface area contributed by atoms with Gasteiger partial charge in [0.05, 0.1) is 17.7 Å². The molecule has 7 heteroatoms. The Morgan fingerprint density at radius 2 is 1.71 bits per heavy atom. The van der Waals surface area contributed by atoms with Gasteiger partial charge in [0.2, 0.25) is 0 Å². The van der Waals surface area contributed by atoms with E-state index in [1.165, 1.54) is 18.4 Å². The topological polar surface area (TPSA) is 79.8 Å². The summed E-state index contributed by atoms with van der Waals surface area (Å²) >= 11 is 0. The highest BCUT2D eigenvalue weighted by atomic mass is 16.6. The number of nitro benzene ring substituents is 1. The smallest absolute Gasteiger partial charge is 0.282 e. The average Bonchev–Trinajstić information content (AvgIpc) is 3.20. The standard InChI is InChI=1S/C21H21N3O4/c1-22(2)17-11-9-16(10-12-17)14-23(15-18-6-5-13-28-18)21(25)19-7-3-4-8-20(19)24(26)27/h3-13H,14-15H2,1-2H3. The maximum absolute atomic E-state index is 13.1. The Balaban J connectivity index is 1.90. The van der Waals surface area contributed by atoms with Crippen molar-refractivity contribution in [3.8, 4) is 0 Å². The van der Waals surface area contributed by atoms with Crippen LogP contribution in [0.25, 0.3) is 0 Å². The fraction of sp³-hybridized carbons (Fsp3) is 0.190. The molecule has 0 N–H and O–H groups in total. The van der Waals surface area contributed by atoms with E-state index in [0.717, 1.165) is 11.3 Å². The molecule has 1 heterocycles. The molecule has 7 nitrogen and oxygen atoms in total. The minimum Gasteiger partial charge on any atom is -0.467 e. The van der Waals surface area contributed by atoms with Crippen LogP contribution in [-0.2, 0) is 13.1 Å². The number of nitrogens with zero attached hydrogens (tertiary/aromatic N) is 3. The van der Waals surface area contributed by atoms with E-state index in [4.69, 9.17) is 4.42 Å². The van der Waals surface area contributed by atoms with Gasteiger partial charge in [-0.05, 0) is 35.9 Å². The summed E-state index contributed by atoms with van der Waals surface area (Å²) in [4.78, 5) is 27.5. The Bertz CT molecular complexity index is 950. The van der Waals surface area contributed by atoms with Crippen molar-refractivity contribution in [2.24, 2.45) is 0 Å². The lowest BCUT2D eigenvalue weighted by Gasteiger charge is -2.22. The average molecular weight is 379 g/mol. The zero-order valence-corrected chi connectivity index (χ0v) is 15.7. The van der Waals surface area contributed by atoms with Crippen LogP contribution < -0.4 is 4.90 Å². The second kappa shape index (κ2) is 8.39. The van der Waals surface area contributed by atoms with E-state index in [-0.39, 0.29) is 17.8 Å². The number of nitro groups is 1. The molecule has 0 aliphatic heterocycles. The molecular weight excluding hydrogens is 358 g/mol. The van der Waals surface area contributed by atoms with Crippen LogP contribution in [-0.4, -0.2) is 29.8 Å². The first-order chi connectivity index (χ1) is 13.5. The van der Waals surface area contributed by atoms with Crippen molar-refractivity contribution in [3.63, 3.8) is 0 Å². The SMILES string of the molecule is CN(C)c1ccc(CN(Cc2ccco2)C(=O)c2ccccc2[N+](=O)[O-])cc1. The van der Waals surface area contributed by atoms with Crippen molar-refractivity contribution in [3.05, 3.63) is 93.9 Å². The Labute approximate surface area is 162 Å². The lowest BCUT2D eigenvalue weighted by Crippen LogP contribution is -2.30. The Hall–Kier alpha value is -3.61. The lowest BCUT2D eigenvalue weighted by atomic mass is 10.1. The van der Waals surface area contributed by atoms with E-state index in [1.54, 1.807) is 29.2 Å². The van der Waals surface area contributed by atoms with Crippen LogP contribution in [0.1, 0.15) is 21.7 Å². The fourth-order valence-corrected chi connectivity index (χ4v) is 2.89. The molecular formula is C21H21N3O4. The number of benzene rings is 2. The second-order valence-electron chi connectivity index (χ2n) is 6.58. The van der Waals surface area contributed by atoms with Crippen LogP contribution >= 0.6 is 0 Å². The molecule has 3 aromatic rings. The first-order valence-electron chi connectivity index (χ1n) is 8.77. The van der Waals surface area contributed by atoms with Crippen LogP contribution in [0, 0.1) is 10.1 Å². The quantitative estimate of drug-likeness (QED) is 0.456. The van der Waals surface area contributed by atoms with Gasteiger partial charge < -0.3 is 14.2 Å². The summed E-state index contributed by atoms with van der Waals surface area (Å²) in [7, 11) is 3.91. The van der Waals surface area contributed by atoms with Gasteiger partial charge in [-0.3, -0.25) is 14.9 Å². The van der Waals surface area contributed by atoms with Crippen molar-refractivity contribution in [1.29, 1.82) is 0 Å². The lowest BCUT2D eigenvalue weighted by molar-refractivity contribution is -0.385. The number of anilines is 1. The number of carbonyl (C=O) groups excluding carboxylic acids is 1. The van der Waals surface area contributed by atoms with Gasteiger partial charge >= 0.3 is 0 Å². The Morgan fingerprint density at radius 3 is 2.32 bits per heavy atom. The number of rotatable bonds is 7. The first-order valence-corrected chi connectivity index (χ1v) is 8.77. The summed E-state index contributed by atoms with van der Waals surface area (Å²) in [5, 5.41) is 11.3. The van der Waals surface area contributed by atoms with Gasteiger partial charge in [-0.15, -0.1) is 0 Å². The normalized spacial score (nSPS) is 10.5. The third-order valence-corrected chi connectivity index (χ3v) is 4.37. The number of para-hydroxylation sites is 1. The molecule has 0 radical (unpaired) electrons. The molecule has 3 rings (SSSR count). The van der Waals surface area contributed by atoms with Crippen LogP contribution in [0.2, 0.25) is 0 Å². The van der Waals surface area contributed by atoms with Crippen LogP contribution in [0.3, 0.4) is 0 Å². The second-order valence-corrected chi connectivity index (χ2v) is 6.58.